The minimum atomic E-state index is -0.252. The molecule has 0 spiro atoms. The zero-order chi connectivity index (χ0) is 15.6. The number of fused-ring (bicyclic) bond motifs is 1. The predicted molar refractivity (Wildman–Crippen MR) is 85.9 cm³/mol. The number of nitrogens with one attached hydrogen (secondary N) is 1. The van der Waals surface area contributed by atoms with Gasteiger partial charge in [-0.15, -0.1) is 5.10 Å². The van der Waals surface area contributed by atoms with E-state index in [2.05, 4.69) is 14.9 Å². The molecule has 2 heterocycles. The second-order valence-electron chi connectivity index (χ2n) is 4.84. The highest BCUT2D eigenvalue weighted by atomic mass is 32.1. The van der Waals surface area contributed by atoms with Crippen LogP contribution in [0.4, 0.5) is 5.69 Å². The first-order valence-corrected chi connectivity index (χ1v) is 7.67. The fraction of sp³-hybridized carbons (Fsp3) is 0.0625. The standard InChI is InChI=1S/C16H11N3O3S/c20-16(17-11-6-7-12-13(8-11)22-9-21-12)15-14(18-19-23-15)10-4-2-1-3-5-10/h1-8H,9H2,(H,17,20). The van der Waals surface area contributed by atoms with E-state index in [0.717, 1.165) is 17.1 Å². The normalized spacial score (nSPS) is 12.2. The van der Waals surface area contributed by atoms with Crippen LogP contribution in [0.1, 0.15) is 9.67 Å². The summed E-state index contributed by atoms with van der Waals surface area (Å²) < 4.78 is 14.5. The van der Waals surface area contributed by atoms with E-state index in [1.807, 2.05) is 30.3 Å². The van der Waals surface area contributed by atoms with Gasteiger partial charge < -0.3 is 14.8 Å². The summed E-state index contributed by atoms with van der Waals surface area (Å²) >= 11 is 1.07. The first-order chi connectivity index (χ1) is 11.3. The largest absolute Gasteiger partial charge is 0.454 e. The third kappa shape index (κ3) is 2.62. The summed E-state index contributed by atoms with van der Waals surface area (Å²) in [5, 5.41) is 6.91. The average Bonchev–Trinajstić information content (AvgIpc) is 3.24. The number of carbonyl (C=O) groups excluding carboxylic acids is 1. The number of ether oxygens (including phenoxy) is 2. The van der Waals surface area contributed by atoms with Crippen molar-refractivity contribution in [3.63, 3.8) is 0 Å². The van der Waals surface area contributed by atoms with E-state index >= 15 is 0 Å². The molecule has 7 heteroatoms. The number of carbonyl (C=O) groups is 1. The van der Waals surface area contributed by atoms with Crippen LogP contribution < -0.4 is 14.8 Å². The van der Waals surface area contributed by atoms with Crippen molar-refractivity contribution in [2.45, 2.75) is 0 Å². The highest BCUT2D eigenvalue weighted by molar-refractivity contribution is 7.08. The van der Waals surface area contributed by atoms with E-state index in [9.17, 15) is 4.79 Å². The van der Waals surface area contributed by atoms with Crippen molar-refractivity contribution >= 4 is 23.1 Å². The summed E-state index contributed by atoms with van der Waals surface area (Å²) in [5.74, 6) is 1.04. The molecular weight excluding hydrogens is 314 g/mol. The van der Waals surface area contributed by atoms with Gasteiger partial charge in [0.05, 0.1) is 0 Å². The summed E-state index contributed by atoms with van der Waals surface area (Å²) in [4.78, 5) is 13.0. The Morgan fingerprint density at radius 1 is 1.09 bits per heavy atom. The maximum atomic E-state index is 12.5. The van der Waals surface area contributed by atoms with E-state index < -0.39 is 0 Å². The molecule has 1 amide bonds. The Morgan fingerprint density at radius 2 is 1.91 bits per heavy atom. The van der Waals surface area contributed by atoms with Crippen LogP contribution in [0.25, 0.3) is 11.3 Å². The van der Waals surface area contributed by atoms with Gasteiger partial charge in [0.1, 0.15) is 10.6 Å². The van der Waals surface area contributed by atoms with Gasteiger partial charge in [-0.2, -0.15) is 0 Å². The van der Waals surface area contributed by atoms with Crippen LogP contribution in [0.5, 0.6) is 11.5 Å². The molecule has 0 aliphatic carbocycles. The van der Waals surface area contributed by atoms with Gasteiger partial charge in [-0.1, -0.05) is 34.8 Å². The molecule has 1 N–H and O–H groups in total. The Labute approximate surface area is 135 Å². The number of hydrogen-bond donors (Lipinski definition) is 1. The molecule has 0 saturated carbocycles. The zero-order valence-electron chi connectivity index (χ0n) is 11.9. The molecule has 0 fully saturated rings. The summed E-state index contributed by atoms with van der Waals surface area (Å²) in [6.45, 7) is 0.198. The van der Waals surface area contributed by atoms with Gasteiger partial charge in [0.25, 0.3) is 5.91 Å². The third-order valence-corrected chi connectivity index (χ3v) is 4.10. The highest BCUT2D eigenvalue weighted by Gasteiger charge is 2.19. The molecule has 114 valence electrons. The van der Waals surface area contributed by atoms with Crippen LogP contribution in [0.3, 0.4) is 0 Å². The molecule has 0 bridgehead atoms. The summed E-state index contributed by atoms with van der Waals surface area (Å²) in [6, 6.07) is 14.8. The number of rotatable bonds is 3. The molecule has 0 saturated heterocycles. The van der Waals surface area contributed by atoms with Crippen molar-refractivity contribution in [2.24, 2.45) is 0 Å². The Hall–Kier alpha value is -2.93. The van der Waals surface area contributed by atoms with Crippen LogP contribution in [0, 0.1) is 0 Å². The average molecular weight is 325 g/mol. The fourth-order valence-electron chi connectivity index (χ4n) is 2.29. The minimum Gasteiger partial charge on any atom is -0.454 e. The van der Waals surface area contributed by atoms with Gasteiger partial charge in [0.15, 0.2) is 11.5 Å². The van der Waals surface area contributed by atoms with E-state index in [1.54, 1.807) is 18.2 Å². The number of hydrogen-bond acceptors (Lipinski definition) is 6. The van der Waals surface area contributed by atoms with Crippen molar-refractivity contribution < 1.29 is 14.3 Å². The van der Waals surface area contributed by atoms with E-state index in [-0.39, 0.29) is 12.7 Å². The molecule has 0 unspecified atom stereocenters. The molecule has 1 aliphatic heterocycles. The SMILES string of the molecule is O=C(Nc1ccc2c(c1)OCO2)c1snnc1-c1ccccc1. The molecule has 1 aromatic heterocycles. The molecule has 3 aromatic rings. The first-order valence-electron chi connectivity index (χ1n) is 6.90. The summed E-state index contributed by atoms with van der Waals surface area (Å²) in [6.07, 6.45) is 0. The van der Waals surface area contributed by atoms with Gasteiger partial charge in [-0.25, -0.2) is 0 Å². The van der Waals surface area contributed by atoms with Crippen molar-refractivity contribution in [3.8, 4) is 22.8 Å². The lowest BCUT2D eigenvalue weighted by Gasteiger charge is -2.05. The summed E-state index contributed by atoms with van der Waals surface area (Å²) in [7, 11) is 0. The second-order valence-corrected chi connectivity index (χ2v) is 5.59. The van der Waals surface area contributed by atoms with Crippen molar-refractivity contribution in [1.82, 2.24) is 9.59 Å². The second kappa shape index (κ2) is 5.69. The Bertz CT molecular complexity index is 864. The Balaban J connectivity index is 1.60. The number of amides is 1. The van der Waals surface area contributed by atoms with Crippen LogP contribution in [-0.2, 0) is 0 Å². The molecule has 4 rings (SSSR count). The predicted octanol–water partition coefficient (Wildman–Crippen LogP) is 3.19. The lowest BCUT2D eigenvalue weighted by atomic mass is 10.1. The number of anilines is 1. The molecule has 6 nitrogen and oxygen atoms in total. The van der Waals surface area contributed by atoms with Crippen molar-refractivity contribution in [2.75, 3.05) is 12.1 Å². The van der Waals surface area contributed by atoms with E-state index in [0.29, 0.717) is 27.8 Å². The molecule has 2 aromatic carbocycles. The number of aromatic nitrogens is 2. The highest BCUT2D eigenvalue weighted by Crippen LogP contribution is 2.34. The smallest absolute Gasteiger partial charge is 0.269 e. The molecule has 0 radical (unpaired) electrons. The lowest BCUT2D eigenvalue weighted by molar-refractivity contribution is 0.103. The van der Waals surface area contributed by atoms with E-state index in [4.69, 9.17) is 9.47 Å². The summed E-state index contributed by atoms with van der Waals surface area (Å²) in [5.41, 5.74) is 2.07. The van der Waals surface area contributed by atoms with Crippen LogP contribution in [0.15, 0.2) is 48.5 Å². The third-order valence-electron chi connectivity index (χ3n) is 3.37. The number of benzene rings is 2. The quantitative estimate of drug-likeness (QED) is 0.800. The van der Waals surface area contributed by atoms with Gasteiger partial charge in [-0.3, -0.25) is 4.79 Å². The van der Waals surface area contributed by atoms with Gasteiger partial charge in [0, 0.05) is 17.3 Å². The zero-order valence-corrected chi connectivity index (χ0v) is 12.7. The van der Waals surface area contributed by atoms with Crippen molar-refractivity contribution in [3.05, 3.63) is 53.4 Å². The van der Waals surface area contributed by atoms with Crippen LogP contribution >= 0.6 is 11.5 Å². The molecule has 0 atom stereocenters. The lowest BCUT2D eigenvalue weighted by Crippen LogP contribution is -2.11. The Kier molecular flexibility index (Phi) is 3.39. The van der Waals surface area contributed by atoms with Crippen LogP contribution in [-0.4, -0.2) is 22.3 Å². The van der Waals surface area contributed by atoms with E-state index in [1.165, 1.54) is 0 Å². The molecule has 1 aliphatic rings. The van der Waals surface area contributed by atoms with Crippen molar-refractivity contribution in [1.29, 1.82) is 0 Å². The maximum Gasteiger partial charge on any atom is 0.269 e. The number of nitrogens with zero attached hydrogens (tertiary/aromatic N) is 2. The van der Waals surface area contributed by atoms with Gasteiger partial charge >= 0.3 is 0 Å². The molecular formula is C16H11N3O3S. The Morgan fingerprint density at radius 3 is 2.78 bits per heavy atom. The monoisotopic (exact) mass is 325 g/mol. The maximum absolute atomic E-state index is 12.5. The minimum absolute atomic E-state index is 0.198. The topological polar surface area (TPSA) is 73.3 Å². The molecule has 23 heavy (non-hydrogen) atoms. The fourth-order valence-corrected chi connectivity index (χ4v) is 2.87. The van der Waals surface area contributed by atoms with Gasteiger partial charge in [0.2, 0.25) is 6.79 Å². The first kappa shape index (κ1) is 13.7. The van der Waals surface area contributed by atoms with Gasteiger partial charge in [-0.05, 0) is 23.7 Å². The van der Waals surface area contributed by atoms with Crippen LogP contribution in [0.2, 0.25) is 0 Å².